The van der Waals surface area contributed by atoms with Crippen molar-refractivity contribution < 1.29 is 4.39 Å². The highest BCUT2D eigenvalue weighted by molar-refractivity contribution is 6.30. The van der Waals surface area contributed by atoms with E-state index in [-0.39, 0.29) is 22.6 Å². The van der Waals surface area contributed by atoms with Crippen molar-refractivity contribution in [2.75, 3.05) is 5.32 Å². The Morgan fingerprint density at radius 1 is 1.59 bits per heavy atom. The van der Waals surface area contributed by atoms with Crippen LogP contribution in [0.5, 0.6) is 0 Å². The zero-order valence-corrected chi connectivity index (χ0v) is 10.8. The lowest BCUT2D eigenvalue weighted by Crippen LogP contribution is -2.25. The number of nitrogens with zero attached hydrogens (tertiary/aromatic N) is 2. The number of halogens is 2. The van der Waals surface area contributed by atoms with E-state index < -0.39 is 5.82 Å². The zero-order valence-electron chi connectivity index (χ0n) is 10.1. The van der Waals surface area contributed by atoms with Gasteiger partial charge in [-0.15, -0.1) is 0 Å². The number of hydrogen-bond donors (Lipinski definition) is 1. The first-order chi connectivity index (χ1) is 7.99. The fraction of sp³-hybridized carbons (Fsp3) is 0.500. The summed E-state index contributed by atoms with van der Waals surface area (Å²) in [5, 5.41) is 11.7. The average Bonchev–Trinajstić information content (AvgIpc) is 2.29. The van der Waals surface area contributed by atoms with Crippen molar-refractivity contribution in [2.45, 2.75) is 33.2 Å². The lowest BCUT2D eigenvalue weighted by molar-refractivity contribution is 0.504. The van der Waals surface area contributed by atoms with Crippen LogP contribution < -0.4 is 5.32 Å². The van der Waals surface area contributed by atoms with Gasteiger partial charge in [0.05, 0.1) is 5.56 Å². The number of nitriles is 1. The van der Waals surface area contributed by atoms with Crippen LogP contribution in [-0.2, 0) is 0 Å². The number of rotatable bonds is 4. The SMILES string of the molecule is CC[C@H](Nc1nc(Cl)c(C#N)cc1F)C(C)C. The Kier molecular flexibility index (Phi) is 4.71. The number of hydrogen-bond acceptors (Lipinski definition) is 3. The minimum atomic E-state index is -0.551. The predicted octanol–water partition coefficient (Wildman–Crippen LogP) is 3.59. The van der Waals surface area contributed by atoms with Gasteiger partial charge in [-0.2, -0.15) is 5.26 Å². The molecular formula is C12H15ClFN3. The normalized spacial score (nSPS) is 12.3. The second-order valence-electron chi connectivity index (χ2n) is 4.17. The molecule has 17 heavy (non-hydrogen) atoms. The molecule has 1 aromatic heterocycles. The van der Waals surface area contributed by atoms with Gasteiger partial charge in [-0.1, -0.05) is 32.4 Å². The van der Waals surface area contributed by atoms with Crippen LogP contribution in [-0.4, -0.2) is 11.0 Å². The van der Waals surface area contributed by atoms with E-state index in [1.807, 2.05) is 20.8 Å². The predicted molar refractivity (Wildman–Crippen MR) is 66.5 cm³/mol. The van der Waals surface area contributed by atoms with E-state index in [9.17, 15) is 4.39 Å². The van der Waals surface area contributed by atoms with E-state index in [4.69, 9.17) is 16.9 Å². The molecule has 0 unspecified atom stereocenters. The van der Waals surface area contributed by atoms with E-state index >= 15 is 0 Å². The van der Waals surface area contributed by atoms with E-state index in [1.165, 1.54) is 0 Å². The van der Waals surface area contributed by atoms with Crippen LogP contribution in [0.15, 0.2) is 6.07 Å². The quantitative estimate of drug-likeness (QED) is 0.837. The number of nitrogens with one attached hydrogen (secondary N) is 1. The Bertz CT molecular complexity index is 440. The third-order valence-corrected chi connectivity index (χ3v) is 2.90. The molecule has 0 aliphatic heterocycles. The highest BCUT2D eigenvalue weighted by atomic mass is 35.5. The molecule has 0 saturated heterocycles. The second kappa shape index (κ2) is 5.83. The minimum absolute atomic E-state index is 0.0232. The zero-order chi connectivity index (χ0) is 13.0. The van der Waals surface area contributed by atoms with Crippen molar-refractivity contribution in [3.63, 3.8) is 0 Å². The highest BCUT2D eigenvalue weighted by Gasteiger charge is 2.16. The van der Waals surface area contributed by atoms with Gasteiger partial charge in [0.25, 0.3) is 0 Å². The molecule has 0 aromatic carbocycles. The van der Waals surface area contributed by atoms with Crippen molar-refractivity contribution in [3.05, 3.63) is 22.6 Å². The molecule has 1 heterocycles. The fourth-order valence-corrected chi connectivity index (χ4v) is 1.74. The summed E-state index contributed by atoms with van der Waals surface area (Å²) in [6.07, 6.45) is 0.858. The Hall–Kier alpha value is -1.34. The molecule has 0 bridgehead atoms. The highest BCUT2D eigenvalue weighted by Crippen LogP contribution is 2.22. The van der Waals surface area contributed by atoms with Gasteiger partial charge >= 0.3 is 0 Å². The number of anilines is 1. The van der Waals surface area contributed by atoms with Gasteiger partial charge in [-0.3, -0.25) is 0 Å². The molecule has 1 aromatic rings. The van der Waals surface area contributed by atoms with Gasteiger partial charge in [0.1, 0.15) is 11.2 Å². The third kappa shape index (κ3) is 3.31. The van der Waals surface area contributed by atoms with Crippen LogP contribution in [0, 0.1) is 23.1 Å². The van der Waals surface area contributed by atoms with Gasteiger partial charge in [-0.05, 0) is 18.4 Å². The third-order valence-electron chi connectivity index (χ3n) is 2.62. The molecule has 0 spiro atoms. The summed E-state index contributed by atoms with van der Waals surface area (Å²) >= 11 is 5.77. The van der Waals surface area contributed by atoms with Crippen LogP contribution >= 0.6 is 11.6 Å². The maximum atomic E-state index is 13.6. The molecule has 1 atom stereocenters. The topological polar surface area (TPSA) is 48.7 Å². The van der Waals surface area contributed by atoms with Gasteiger partial charge in [0, 0.05) is 6.04 Å². The molecule has 0 radical (unpaired) electrons. The van der Waals surface area contributed by atoms with Crippen LogP contribution in [0.3, 0.4) is 0 Å². The summed E-state index contributed by atoms with van der Waals surface area (Å²) in [4.78, 5) is 3.87. The Labute approximate surface area is 106 Å². The van der Waals surface area contributed by atoms with Crippen LogP contribution in [0.2, 0.25) is 5.15 Å². The first-order valence-corrected chi connectivity index (χ1v) is 5.90. The van der Waals surface area contributed by atoms with Gasteiger partial charge in [-0.25, -0.2) is 9.37 Å². The smallest absolute Gasteiger partial charge is 0.166 e. The molecule has 0 aliphatic rings. The standard InChI is InChI=1S/C12H15ClFN3/c1-4-10(7(2)3)16-12-9(14)5-8(6-15)11(13)17-12/h5,7,10H,4H2,1-3H3,(H,16,17)/t10-/m0/s1. The average molecular weight is 256 g/mol. The van der Waals surface area contributed by atoms with E-state index in [1.54, 1.807) is 6.07 Å². The number of aromatic nitrogens is 1. The summed E-state index contributed by atoms with van der Waals surface area (Å²) in [7, 11) is 0. The fourth-order valence-electron chi connectivity index (χ4n) is 1.56. The largest absolute Gasteiger partial charge is 0.365 e. The Balaban J connectivity index is 3.00. The van der Waals surface area contributed by atoms with E-state index in [0.29, 0.717) is 5.92 Å². The molecule has 0 fully saturated rings. The Morgan fingerprint density at radius 2 is 2.24 bits per heavy atom. The second-order valence-corrected chi connectivity index (χ2v) is 4.53. The van der Waals surface area contributed by atoms with Crippen molar-refractivity contribution in [1.82, 2.24) is 4.98 Å². The lowest BCUT2D eigenvalue weighted by atomic mass is 10.0. The summed E-state index contributed by atoms with van der Waals surface area (Å²) < 4.78 is 13.6. The van der Waals surface area contributed by atoms with Gasteiger partial charge in [0.2, 0.25) is 0 Å². The summed E-state index contributed by atoms with van der Waals surface area (Å²) in [5.74, 6) is -0.0878. The van der Waals surface area contributed by atoms with E-state index in [2.05, 4.69) is 10.3 Å². The van der Waals surface area contributed by atoms with Gasteiger partial charge < -0.3 is 5.32 Å². The molecule has 1 rings (SSSR count). The molecule has 3 nitrogen and oxygen atoms in total. The van der Waals surface area contributed by atoms with Crippen molar-refractivity contribution in [3.8, 4) is 6.07 Å². The summed E-state index contributed by atoms with van der Waals surface area (Å²) in [6, 6.07) is 3.02. The lowest BCUT2D eigenvalue weighted by Gasteiger charge is -2.21. The molecule has 0 aliphatic carbocycles. The maximum Gasteiger partial charge on any atom is 0.166 e. The van der Waals surface area contributed by atoms with Crippen molar-refractivity contribution >= 4 is 17.4 Å². The maximum absolute atomic E-state index is 13.6. The minimum Gasteiger partial charge on any atom is -0.365 e. The molecule has 0 amide bonds. The van der Waals surface area contributed by atoms with E-state index in [0.717, 1.165) is 12.5 Å². The van der Waals surface area contributed by atoms with Crippen molar-refractivity contribution in [2.24, 2.45) is 5.92 Å². The molecule has 1 N–H and O–H groups in total. The monoisotopic (exact) mass is 255 g/mol. The summed E-state index contributed by atoms with van der Waals surface area (Å²) in [5.41, 5.74) is 0.0484. The van der Waals surface area contributed by atoms with Crippen molar-refractivity contribution in [1.29, 1.82) is 5.26 Å². The Morgan fingerprint density at radius 3 is 2.71 bits per heavy atom. The van der Waals surface area contributed by atoms with Crippen LogP contribution in [0.4, 0.5) is 10.2 Å². The first kappa shape index (κ1) is 13.7. The number of pyridine rings is 1. The molecule has 0 saturated carbocycles. The van der Waals surface area contributed by atoms with Crippen LogP contribution in [0.1, 0.15) is 32.8 Å². The molecular weight excluding hydrogens is 241 g/mol. The van der Waals surface area contributed by atoms with Crippen LogP contribution in [0.25, 0.3) is 0 Å². The molecule has 92 valence electrons. The molecule has 5 heteroatoms. The van der Waals surface area contributed by atoms with Gasteiger partial charge in [0.15, 0.2) is 11.6 Å². The first-order valence-electron chi connectivity index (χ1n) is 5.52. The summed E-state index contributed by atoms with van der Waals surface area (Å²) in [6.45, 7) is 6.11.